The Morgan fingerprint density at radius 3 is 2.75 bits per heavy atom. The smallest absolute Gasteiger partial charge is 0.404 e. The van der Waals surface area contributed by atoms with Crippen LogP contribution in [0.2, 0.25) is 0 Å². The first-order valence-corrected chi connectivity index (χ1v) is 4.36. The molecule has 68 valence electrons. The lowest BCUT2D eigenvalue weighted by Crippen LogP contribution is -2.40. The lowest BCUT2D eigenvalue weighted by atomic mass is 9.85. The molecule has 0 bridgehead atoms. The fraction of sp³-hybridized carbons (Fsp3) is 0.667. The summed E-state index contributed by atoms with van der Waals surface area (Å²) in [6, 6.07) is 0.0914. The van der Waals surface area contributed by atoms with E-state index in [2.05, 4.69) is 11.9 Å². The quantitative estimate of drug-likeness (QED) is 0.621. The second kappa shape index (κ2) is 4.14. The average molecular weight is 169 g/mol. The second-order valence-electron chi connectivity index (χ2n) is 3.24. The van der Waals surface area contributed by atoms with E-state index >= 15 is 0 Å². The van der Waals surface area contributed by atoms with Crippen molar-refractivity contribution in [2.24, 2.45) is 5.92 Å². The van der Waals surface area contributed by atoms with E-state index in [0.29, 0.717) is 5.92 Å². The molecule has 1 aliphatic carbocycles. The normalized spacial score (nSPS) is 29.3. The Bertz CT molecular complexity index is 179. The Morgan fingerprint density at radius 1 is 1.50 bits per heavy atom. The standard InChI is InChI=1S/C9H15NO2/c1-2-7-5-3-4-6-8(7)10-9(11)12/h2,7-8,10H,1,3-6H2,(H,11,12)/t7-,8-/m0/s1. The van der Waals surface area contributed by atoms with Crippen molar-refractivity contribution in [2.75, 3.05) is 0 Å². The molecule has 0 aromatic heterocycles. The van der Waals surface area contributed by atoms with Crippen molar-refractivity contribution in [2.45, 2.75) is 31.7 Å². The summed E-state index contributed by atoms with van der Waals surface area (Å²) in [5.41, 5.74) is 0. The molecule has 2 N–H and O–H groups in total. The molecule has 0 unspecified atom stereocenters. The Morgan fingerprint density at radius 2 is 2.17 bits per heavy atom. The number of amides is 1. The molecule has 3 nitrogen and oxygen atoms in total. The van der Waals surface area contributed by atoms with Gasteiger partial charge in [-0.15, -0.1) is 6.58 Å². The molecule has 1 aliphatic rings. The number of nitrogens with one attached hydrogen (secondary N) is 1. The van der Waals surface area contributed by atoms with Crippen LogP contribution in [0.5, 0.6) is 0 Å². The highest BCUT2D eigenvalue weighted by Crippen LogP contribution is 2.24. The molecule has 1 amide bonds. The van der Waals surface area contributed by atoms with Crippen LogP contribution in [0.25, 0.3) is 0 Å². The van der Waals surface area contributed by atoms with Crippen LogP contribution in [0, 0.1) is 5.92 Å². The largest absolute Gasteiger partial charge is 0.465 e. The summed E-state index contributed by atoms with van der Waals surface area (Å²) in [5, 5.41) is 11.1. The maximum Gasteiger partial charge on any atom is 0.404 e. The van der Waals surface area contributed by atoms with Gasteiger partial charge in [-0.25, -0.2) is 4.79 Å². The topological polar surface area (TPSA) is 49.3 Å². The number of hydrogen-bond donors (Lipinski definition) is 2. The zero-order valence-electron chi connectivity index (χ0n) is 7.12. The van der Waals surface area contributed by atoms with Crippen LogP contribution >= 0.6 is 0 Å². The highest BCUT2D eigenvalue weighted by Gasteiger charge is 2.23. The van der Waals surface area contributed by atoms with Gasteiger partial charge in [-0.3, -0.25) is 0 Å². The predicted octanol–water partition coefficient (Wildman–Crippen LogP) is 2.00. The van der Waals surface area contributed by atoms with E-state index in [-0.39, 0.29) is 6.04 Å². The second-order valence-corrected chi connectivity index (χ2v) is 3.24. The van der Waals surface area contributed by atoms with E-state index in [1.54, 1.807) is 0 Å². The molecule has 1 fully saturated rings. The van der Waals surface area contributed by atoms with Crippen LogP contribution in [-0.2, 0) is 0 Å². The van der Waals surface area contributed by atoms with Crippen LogP contribution in [0.4, 0.5) is 4.79 Å². The van der Waals surface area contributed by atoms with Crippen LogP contribution in [0.15, 0.2) is 12.7 Å². The van der Waals surface area contributed by atoms with Crippen LogP contribution in [-0.4, -0.2) is 17.2 Å². The first-order chi connectivity index (χ1) is 5.74. The third kappa shape index (κ3) is 2.26. The van der Waals surface area contributed by atoms with Gasteiger partial charge in [-0.2, -0.15) is 0 Å². The minimum absolute atomic E-state index is 0.0914. The monoisotopic (exact) mass is 169 g/mol. The van der Waals surface area contributed by atoms with Crippen LogP contribution in [0.1, 0.15) is 25.7 Å². The van der Waals surface area contributed by atoms with Gasteiger partial charge in [0.05, 0.1) is 0 Å². The fourth-order valence-corrected chi connectivity index (χ4v) is 1.78. The maximum atomic E-state index is 10.4. The molecule has 0 aromatic carbocycles. The minimum Gasteiger partial charge on any atom is -0.465 e. The number of carbonyl (C=O) groups is 1. The van der Waals surface area contributed by atoms with Gasteiger partial charge in [-0.05, 0) is 18.8 Å². The molecular formula is C9H15NO2. The summed E-state index contributed by atoms with van der Waals surface area (Å²) in [4.78, 5) is 10.4. The van der Waals surface area contributed by atoms with E-state index in [1.165, 1.54) is 6.42 Å². The van der Waals surface area contributed by atoms with E-state index in [0.717, 1.165) is 19.3 Å². The summed E-state index contributed by atoms with van der Waals surface area (Å²) in [5.74, 6) is 0.329. The van der Waals surface area contributed by atoms with Crippen molar-refractivity contribution >= 4 is 6.09 Å². The SMILES string of the molecule is C=C[C@H]1CCCC[C@@H]1NC(=O)O. The summed E-state index contributed by atoms with van der Waals surface area (Å²) < 4.78 is 0. The summed E-state index contributed by atoms with van der Waals surface area (Å²) in [7, 11) is 0. The van der Waals surface area contributed by atoms with Crippen molar-refractivity contribution in [3.63, 3.8) is 0 Å². The molecule has 12 heavy (non-hydrogen) atoms. The molecule has 1 rings (SSSR count). The number of hydrogen-bond acceptors (Lipinski definition) is 1. The maximum absolute atomic E-state index is 10.4. The Kier molecular flexibility index (Phi) is 3.14. The van der Waals surface area contributed by atoms with Gasteiger partial charge in [0.1, 0.15) is 0 Å². The molecule has 0 aliphatic heterocycles. The third-order valence-electron chi connectivity index (χ3n) is 2.43. The lowest BCUT2D eigenvalue weighted by Gasteiger charge is -2.28. The predicted molar refractivity (Wildman–Crippen MR) is 47.1 cm³/mol. The molecule has 0 saturated heterocycles. The van der Waals surface area contributed by atoms with Gasteiger partial charge in [-0.1, -0.05) is 18.9 Å². The molecular weight excluding hydrogens is 154 g/mol. The van der Waals surface area contributed by atoms with E-state index in [9.17, 15) is 4.79 Å². The van der Waals surface area contributed by atoms with E-state index in [4.69, 9.17) is 5.11 Å². The Hall–Kier alpha value is -0.990. The number of carboxylic acid groups (broad SMARTS) is 1. The molecule has 0 aromatic rings. The van der Waals surface area contributed by atoms with Crippen molar-refractivity contribution in [3.8, 4) is 0 Å². The molecule has 0 heterocycles. The van der Waals surface area contributed by atoms with E-state index in [1.807, 2.05) is 6.08 Å². The zero-order valence-corrected chi connectivity index (χ0v) is 7.12. The van der Waals surface area contributed by atoms with Gasteiger partial charge in [0, 0.05) is 6.04 Å². The average Bonchev–Trinajstić information content (AvgIpc) is 2.04. The summed E-state index contributed by atoms with van der Waals surface area (Å²) in [6.45, 7) is 3.71. The van der Waals surface area contributed by atoms with Gasteiger partial charge in [0.2, 0.25) is 0 Å². The van der Waals surface area contributed by atoms with Crippen LogP contribution < -0.4 is 5.32 Å². The van der Waals surface area contributed by atoms with Gasteiger partial charge in [0.15, 0.2) is 0 Å². The van der Waals surface area contributed by atoms with Crippen molar-refractivity contribution in [3.05, 3.63) is 12.7 Å². The molecule has 0 radical (unpaired) electrons. The third-order valence-corrected chi connectivity index (χ3v) is 2.43. The summed E-state index contributed by atoms with van der Waals surface area (Å²) >= 11 is 0. The molecule has 2 atom stereocenters. The van der Waals surface area contributed by atoms with Crippen molar-refractivity contribution < 1.29 is 9.90 Å². The molecule has 0 spiro atoms. The fourth-order valence-electron chi connectivity index (χ4n) is 1.78. The highest BCUT2D eigenvalue weighted by atomic mass is 16.4. The Balaban J connectivity index is 2.46. The summed E-state index contributed by atoms with van der Waals surface area (Å²) in [6.07, 6.45) is 5.26. The molecule has 1 saturated carbocycles. The highest BCUT2D eigenvalue weighted by molar-refractivity contribution is 5.64. The van der Waals surface area contributed by atoms with E-state index < -0.39 is 6.09 Å². The van der Waals surface area contributed by atoms with Gasteiger partial charge >= 0.3 is 6.09 Å². The molecule has 3 heteroatoms. The zero-order chi connectivity index (χ0) is 8.97. The van der Waals surface area contributed by atoms with Crippen molar-refractivity contribution in [1.29, 1.82) is 0 Å². The Labute approximate surface area is 72.5 Å². The number of rotatable bonds is 2. The first kappa shape index (κ1) is 9.10. The van der Waals surface area contributed by atoms with Crippen LogP contribution in [0.3, 0.4) is 0 Å². The van der Waals surface area contributed by atoms with Crippen molar-refractivity contribution in [1.82, 2.24) is 5.32 Å². The van der Waals surface area contributed by atoms with Gasteiger partial charge < -0.3 is 10.4 Å². The van der Waals surface area contributed by atoms with Gasteiger partial charge in [0.25, 0.3) is 0 Å². The minimum atomic E-state index is -0.922. The lowest BCUT2D eigenvalue weighted by molar-refractivity contribution is 0.181. The first-order valence-electron chi connectivity index (χ1n) is 4.36.